The number of amides is 1. The molecule has 1 heterocycles. The van der Waals surface area contributed by atoms with Crippen molar-refractivity contribution in [1.29, 1.82) is 0 Å². The molecule has 0 saturated carbocycles. The first kappa shape index (κ1) is 13.2. The molecule has 88 valence electrons. The number of hydrogen-bond acceptors (Lipinski definition) is 3. The SMILES string of the molecule is C#CCN(CC(=O)O)C(=O)c1cccc(Br)n1. The van der Waals surface area contributed by atoms with Gasteiger partial charge in [0.15, 0.2) is 0 Å². The van der Waals surface area contributed by atoms with Crippen LogP contribution in [0.25, 0.3) is 0 Å². The molecule has 0 aromatic carbocycles. The van der Waals surface area contributed by atoms with Gasteiger partial charge in [-0.15, -0.1) is 6.42 Å². The van der Waals surface area contributed by atoms with Gasteiger partial charge in [0.1, 0.15) is 16.8 Å². The lowest BCUT2D eigenvalue weighted by atomic mass is 10.3. The standard InChI is InChI=1S/C11H9BrN2O3/c1-2-6-14(7-10(15)16)11(17)8-4-3-5-9(12)13-8/h1,3-5H,6-7H2,(H,15,16). The van der Waals surface area contributed by atoms with E-state index in [-0.39, 0.29) is 12.2 Å². The number of carbonyl (C=O) groups excluding carboxylic acids is 1. The van der Waals surface area contributed by atoms with Crippen LogP contribution in [0.15, 0.2) is 22.8 Å². The molecule has 1 aromatic rings. The van der Waals surface area contributed by atoms with Crippen molar-refractivity contribution in [3.63, 3.8) is 0 Å². The zero-order valence-electron chi connectivity index (χ0n) is 8.76. The number of pyridine rings is 1. The molecule has 0 aliphatic heterocycles. The van der Waals surface area contributed by atoms with E-state index in [1.54, 1.807) is 12.1 Å². The van der Waals surface area contributed by atoms with Crippen molar-refractivity contribution in [1.82, 2.24) is 9.88 Å². The van der Waals surface area contributed by atoms with Crippen LogP contribution in [0.5, 0.6) is 0 Å². The lowest BCUT2D eigenvalue weighted by Gasteiger charge is -2.17. The summed E-state index contributed by atoms with van der Waals surface area (Å²) in [7, 11) is 0. The van der Waals surface area contributed by atoms with Gasteiger partial charge >= 0.3 is 5.97 Å². The molecule has 17 heavy (non-hydrogen) atoms. The summed E-state index contributed by atoms with van der Waals surface area (Å²) in [4.78, 5) is 27.5. The van der Waals surface area contributed by atoms with Crippen LogP contribution >= 0.6 is 15.9 Å². The third kappa shape index (κ3) is 3.89. The summed E-state index contributed by atoms with van der Waals surface area (Å²) in [6.07, 6.45) is 5.08. The summed E-state index contributed by atoms with van der Waals surface area (Å²) in [5.74, 6) is 0.611. The van der Waals surface area contributed by atoms with E-state index in [9.17, 15) is 9.59 Å². The lowest BCUT2D eigenvalue weighted by molar-refractivity contribution is -0.137. The number of terminal acetylenes is 1. The second kappa shape index (κ2) is 6.01. The predicted molar refractivity (Wildman–Crippen MR) is 64.3 cm³/mol. The molecule has 5 nitrogen and oxygen atoms in total. The molecular formula is C11H9BrN2O3. The smallest absolute Gasteiger partial charge is 0.323 e. The average molecular weight is 297 g/mol. The molecule has 0 aliphatic rings. The minimum Gasteiger partial charge on any atom is -0.480 e. The van der Waals surface area contributed by atoms with Gasteiger partial charge in [-0.25, -0.2) is 4.98 Å². The average Bonchev–Trinajstić information content (AvgIpc) is 2.27. The molecule has 6 heteroatoms. The highest BCUT2D eigenvalue weighted by atomic mass is 79.9. The summed E-state index contributed by atoms with van der Waals surface area (Å²) in [5.41, 5.74) is 0.149. The van der Waals surface area contributed by atoms with E-state index in [0.717, 1.165) is 4.90 Å². The van der Waals surface area contributed by atoms with Gasteiger partial charge in [-0.1, -0.05) is 12.0 Å². The largest absolute Gasteiger partial charge is 0.480 e. The number of halogens is 1. The number of rotatable bonds is 4. The Morgan fingerprint density at radius 1 is 1.53 bits per heavy atom. The van der Waals surface area contributed by atoms with Gasteiger partial charge in [0, 0.05) is 0 Å². The Balaban J connectivity index is 2.92. The second-order valence-corrected chi connectivity index (χ2v) is 3.92. The van der Waals surface area contributed by atoms with Gasteiger partial charge in [0.05, 0.1) is 6.54 Å². The fraction of sp³-hybridized carbons (Fsp3) is 0.182. The zero-order chi connectivity index (χ0) is 12.8. The lowest BCUT2D eigenvalue weighted by Crippen LogP contribution is -2.36. The molecule has 0 unspecified atom stereocenters. The Kier molecular flexibility index (Phi) is 4.67. The van der Waals surface area contributed by atoms with Crippen molar-refractivity contribution in [2.24, 2.45) is 0 Å². The molecule has 0 radical (unpaired) electrons. The Labute approximate surface area is 107 Å². The molecule has 0 fully saturated rings. The molecule has 0 saturated heterocycles. The number of carbonyl (C=O) groups is 2. The summed E-state index contributed by atoms with van der Waals surface area (Å²) < 4.78 is 0.499. The first-order valence-electron chi connectivity index (χ1n) is 4.61. The Morgan fingerprint density at radius 3 is 2.76 bits per heavy atom. The van der Waals surface area contributed by atoms with Gasteiger partial charge in [-0.3, -0.25) is 9.59 Å². The monoisotopic (exact) mass is 296 g/mol. The van der Waals surface area contributed by atoms with Gasteiger partial charge in [0.25, 0.3) is 5.91 Å². The van der Waals surface area contributed by atoms with Crippen LogP contribution in [0.1, 0.15) is 10.5 Å². The summed E-state index contributed by atoms with van der Waals surface area (Å²) in [5, 5.41) is 8.67. The highest BCUT2D eigenvalue weighted by Gasteiger charge is 2.18. The number of carboxylic acids is 1. The van der Waals surface area contributed by atoms with Crippen molar-refractivity contribution >= 4 is 27.8 Å². The molecule has 1 amide bonds. The van der Waals surface area contributed by atoms with Gasteiger partial charge < -0.3 is 10.0 Å². The number of aromatic nitrogens is 1. The van der Waals surface area contributed by atoms with Crippen molar-refractivity contribution < 1.29 is 14.7 Å². The fourth-order valence-corrected chi connectivity index (χ4v) is 1.51. The van der Waals surface area contributed by atoms with E-state index in [1.807, 2.05) is 0 Å². The second-order valence-electron chi connectivity index (χ2n) is 3.10. The minimum atomic E-state index is -1.12. The summed E-state index contributed by atoms with van der Waals surface area (Å²) in [6, 6.07) is 4.80. The maximum absolute atomic E-state index is 11.9. The third-order valence-corrected chi connectivity index (χ3v) is 2.27. The molecule has 1 aromatic heterocycles. The first-order valence-corrected chi connectivity index (χ1v) is 5.41. The quantitative estimate of drug-likeness (QED) is 0.665. The molecule has 1 rings (SSSR count). The van der Waals surface area contributed by atoms with Crippen molar-refractivity contribution in [3.05, 3.63) is 28.5 Å². The highest BCUT2D eigenvalue weighted by molar-refractivity contribution is 9.10. The van der Waals surface area contributed by atoms with E-state index in [2.05, 4.69) is 26.8 Å². The molecule has 0 atom stereocenters. The number of carboxylic acid groups (broad SMARTS) is 1. The van der Waals surface area contributed by atoms with E-state index in [1.165, 1.54) is 6.07 Å². The van der Waals surface area contributed by atoms with Crippen LogP contribution in [0, 0.1) is 12.3 Å². The van der Waals surface area contributed by atoms with Crippen LogP contribution in [-0.4, -0.2) is 40.0 Å². The van der Waals surface area contributed by atoms with E-state index >= 15 is 0 Å². The highest BCUT2D eigenvalue weighted by Crippen LogP contribution is 2.08. The zero-order valence-corrected chi connectivity index (χ0v) is 10.3. The number of aliphatic carboxylic acids is 1. The van der Waals surface area contributed by atoms with Crippen molar-refractivity contribution in [2.45, 2.75) is 0 Å². The molecule has 0 bridgehead atoms. The van der Waals surface area contributed by atoms with Gasteiger partial charge in [-0.2, -0.15) is 0 Å². The third-order valence-electron chi connectivity index (χ3n) is 1.83. The van der Waals surface area contributed by atoms with Gasteiger partial charge in [0.2, 0.25) is 0 Å². The van der Waals surface area contributed by atoms with E-state index < -0.39 is 18.4 Å². The molecule has 0 aliphatic carbocycles. The van der Waals surface area contributed by atoms with Crippen LogP contribution in [-0.2, 0) is 4.79 Å². The van der Waals surface area contributed by atoms with Crippen LogP contribution in [0.3, 0.4) is 0 Å². The van der Waals surface area contributed by atoms with Crippen molar-refractivity contribution in [2.75, 3.05) is 13.1 Å². The van der Waals surface area contributed by atoms with Crippen LogP contribution < -0.4 is 0 Å². The van der Waals surface area contributed by atoms with Crippen LogP contribution in [0.2, 0.25) is 0 Å². The normalized spacial score (nSPS) is 9.41. The summed E-state index contributed by atoms with van der Waals surface area (Å²) >= 11 is 3.13. The van der Waals surface area contributed by atoms with E-state index in [0.29, 0.717) is 4.60 Å². The topological polar surface area (TPSA) is 70.5 Å². The number of hydrogen-bond donors (Lipinski definition) is 1. The minimum absolute atomic E-state index is 0.0701. The maximum atomic E-state index is 11.9. The Morgan fingerprint density at radius 2 is 2.24 bits per heavy atom. The number of nitrogens with zero attached hydrogens (tertiary/aromatic N) is 2. The van der Waals surface area contributed by atoms with E-state index in [4.69, 9.17) is 11.5 Å². The molecule has 0 spiro atoms. The molecular weight excluding hydrogens is 288 g/mol. The Bertz CT molecular complexity index is 482. The van der Waals surface area contributed by atoms with Crippen LogP contribution in [0.4, 0.5) is 0 Å². The first-order chi connectivity index (χ1) is 8.04. The molecule has 1 N–H and O–H groups in total. The maximum Gasteiger partial charge on any atom is 0.323 e. The summed E-state index contributed by atoms with van der Waals surface area (Å²) in [6.45, 7) is -0.517. The van der Waals surface area contributed by atoms with Gasteiger partial charge in [-0.05, 0) is 28.1 Å². The predicted octanol–water partition coefficient (Wildman–Crippen LogP) is 1.00. The Hall–Kier alpha value is -1.87. The van der Waals surface area contributed by atoms with Crippen molar-refractivity contribution in [3.8, 4) is 12.3 Å². The fourth-order valence-electron chi connectivity index (χ4n) is 1.16.